The van der Waals surface area contributed by atoms with Crippen molar-refractivity contribution < 1.29 is 23.9 Å². The topological polar surface area (TPSA) is 84.9 Å². The van der Waals surface area contributed by atoms with Crippen LogP contribution in [-0.4, -0.2) is 55.0 Å². The number of esters is 1. The highest BCUT2D eigenvalue weighted by Gasteiger charge is 2.50. The lowest BCUT2D eigenvalue weighted by Crippen LogP contribution is -2.46. The average molecular weight is 417 g/mol. The van der Waals surface area contributed by atoms with E-state index in [4.69, 9.17) is 9.47 Å². The van der Waals surface area contributed by atoms with Gasteiger partial charge in [0.05, 0.1) is 19.8 Å². The Morgan fingerprint density at radius 3 is 2.60 bits per heavy atom. The third kappa shape index (κ3) is 5.74. The van der Waals surface area contributed by atoms with E-state index in [0.29, 0.717) is 32.6 Å². The molecule has 1 saturated heterocycles. The lowest BCUT2D eigenvalue weighted by atomic mass is 9.84. The minimum atomic E-state index is -0.535. The van der Waals surface area contributed by atoms with Crippen LogP contribution in [0.5, 0.6) is 5.75 Å². The molecule has 3 rings (SSSR count). The summed E-state index contributed by atoms with van der Waals surface area (Å²) in [5, 5.41) is 2.69. The largest absolute Gasteiger partial charge is 0.494 e. The number of ether oxygens (including phenoxy) is 2. The van der Waals surface area contributed by atoms with E-state index in [1.807, 2.05) is 30.3 Å². The lowest BCUT2D eigenvalue weighted by molar-refractivity contribution is -0.152. The predicted molar refractivity (Wildman–Crippen MR) is 112 cm³/mol. The number of carbonyl (C=O) groups excluding carboxylic acids is 3. The van der Waals surface area contributed by atoms with Gasteiger partial charge in [0.15, 0.2) is 0 Å². The number of benzene rings is 1. The summed E-state index contributed by atoms with van der Waals surface area (Å²) in [5.41, 5.74) is 0.0336. The second-order valence-electron chi connectivity index (χ2n) is 8.24. The van der Waals surface area contributed by atoms with Crippen LogP contribution in [0.3, 0.4) is 0 Å². The quantitative estimate of drug-likeness (QED) is 0.494. The normalized spacial score (nSPS) is 19.6. The molecule has 0 radical (unpaired) electrons. The van der Waals surface area contributed by atoms with E-state index < -0.39 is 6.04 Å². The molecule has 1 aliphatic heterocycles. The number of hydrogen-bond donors (Lipinski definition) is 1. The molecule has 0 aromatic heterocycles. The van der Waals surface area contributed by atoms with Gasteiger partial charge in [-0.2, -0.15) is 0 Å². The van der Waals surface area contributed by atoms with Crippen LogP contribution in [0, 0.1) is 5.41 Å². The first kappa shape index (κ1) is 22.1. The van der Waals surface area contributed by atoms with Crippen molar-refractivity contribution in [1.82, 2.24) is 10.2 Å². The van der Waals surface area contributed by atoms with Crippen LogP contribution in [0.4, 0.5) is 0 Å². The molecule has 1 saturated carbocycles. The first-order valence-electron chi connectivity index (χ1n) is 10.9. The molecule has 1 spiro atoms. The Labute approximate surface area is 178 Å². The molecule has 7 nitrogen and oxygen atoms in total. The summed E-state index contributed by atoms with van der Waals surface area (Å²) in [6, 6.07) is 8.90. The Morgan fingerprint density at radius 1 is 1.17 bits per heavy atom. The molecule has 1 aromatic rings. The van der Waals surface area contributed by atoms with Crippen LogP contribution in [0.2, 0.25) is 0 Å². The molecule has 1 atom stereocenters. The number of nitrogens with zero attached hydrogens (tertiary/aromatic N) is 1. The summed E-state index contributed by atoms with van der Waals surface area (Å²) in [7, 11) is 0. The van der Waals surface area contributed by atoms with Crippen molar-refractivity contribution in [2.45, 2.75) is 57.9 Å². The number of amides is 2. The molecule has 1 N–H and O–H groups in total. The van der Waals surface area contributed by atoms with Crippen LogP contribution in [0.15, 0.2) is 30.3 Å². The van der Waals surface area contributed by atoms with Gasteiger partial charge in [-0.1, -0.05) is 31.0 Å². The second kappa shape index (κ2) is 10.5. The highest BCUT2D eigenvalue weighted by atomic mass is 16.5. The number of likely N-dealkylation sites (tertiary alicyclic amines) is 1. The van der Waals surface area contributed by atoms with E-state index in [2.05, 4.69) is 5.32 Å². The first-order chi connectivity index (χ1) is 14.5. The van der Waals surface area contributed by atoms with Gasteiger partial charge in [-0.3, -0.25) is 9.59 Å². The smallest absolute Gasteiger partial charge is 0.328 e. The fourth-order valence-corrected chi connectivity index (χ4v) is 4.56. The summed E-state index contributed by atoms with van der Waals surface area (Å²) >= 11 is 0. The minimum absolute atomic E-state index is 0.0336. The van der Waals surface area contributed by atoms with Crippen molar-refractivity contribution in [3.05, 3.63) is 30.3 Å². The molecule has 2 aliphatic rings. The number of para-hydroxylation sites is 1. The maximum absolute atomic E-state index is 12.8. The summed E-state index contributed by atoms with van der Waals surface area (Å²) < 4.78 is 10.8. The highest BCUT2D eigenvalue weighted by molar-refractivity contribution is 5.89. The van der Waals surface area contributed by atoms with Gasteiger partial charge < -0.3 is 19.7 Å². The van der Waals surface area contributed by atoms with Crippen molar-refractivity contribution in [2.24, 2.45) is 5.41 Å². The average Bonchev–Trinajstić information content (AvgIpc) is 3.37. The lowest BCUT2D eigenvalue weighted by Gasteiger charge is -2.24. The molecule has 2 amide bonds. The zero-order valence-corrected chi connectivity index (χ0v) is 17.7. The Kier molecular flexibility index (Phi) is 7.71. The molecular formula is C23H32N2O5. The van der Waals surface area contributed by atoms with Crippen molar-refractivity contribution >= 4 is 17.8 Å². The fraction of sp³-hybridized carbons (Fsp3) is 0.609. The van der Waals surface area contributed by atoms with E-state index in [1.54, 1.807) is 11.8 Å². The molecule has 1 aromatic carbocycles. The van der Waals surface area contributed by atoms with E-state index >= 15 is 0 Å². The molecule has 164 valence electrons. The second-order valence-corrected chi connectivity index (χ2v) is 8.24. The van der Waals surface area contributed by atoms with Gasteiger partial charge in [-0.25, -0.2) is 4.79 Å². The van der Waals surface area contributed by atoms with Crippen molar-refractivity contribution in [1.29, 1.82) is 0 Å². The standard InChI is InChI=1S/C23H32N2O5/c1-2-29-22(28)19-15-23(12-6-7-13-23)17-25(19)21(27)16-24-20(26)11-8-14-30-18-9-4-3-5-10-18/h3-5,9-10,19H,2,6-8,11-17H2,1H3,(H,24,26)/t19-/m0/s1. The molecule has 30 heavy (non-hydrogen) atoms. The van der Waals surface area contributed by atoms with Gasteiger partial charge in [0.1, 0.15) is 11.8 Å². The zero-order valence-electron chi connectivity index (χ0n) is 17.7. The third-order valence-electron chi connectivity index (χ3n) is 6.05. The molecule has 0 unspecified atom stereocenters. The van der Waals surface area contributed by atoms with E-state index in [1.165, 1.54) is 0 Å². The van der Waals surface area contributed by atoms with Crippen molar-refractivity contribution in [3.63, 3.8) is 0 Å². The minimum Gasteiger partial charge on any atom is -0.494 e. The van der Waals surface area contributed by atoms with Gasteiger partial charge in [0, 0.05) is 13.0 Å². The van der Waals surface area contributed by atoms with Crippen LogP contribution in [0.25, 0.3) is 0 Å². The van der Waals surface area contributed by atoms with Crippen LogP contribution in [-0.2, 0) is 19.1 Å². The monoisotopic (exact) mass is 416 g/mol. The predicted octanol–water partition coefficient (Wildman–Crippen LogP) is 2.69. The van der Waals surface area contributed by atoms with Crippen LogP contribution >= 0.6 is 0 Å². The van der Waals surface area contributed by atoms with Crippen LogP contribution in [0.1, 0.15) is 51.9 Å². The molecular weight excluding hydrogens is 384 g/mol. The number of carbonyl (C=O) groups is 3. The molecule has 1 heterocycles. The SMILES string of the molecule is CCOC(=O)[C@@H]1CC2(CCCC2)CN1C(=O)CNC(=O)CCCOc1ccccc1. The molecule has 0 bridgehead atoms. The van der Waals surface area contributed by atoms with Crippen molar-refractivity contribution in [2.75, 3.05) is 26.3 Å². The zero-order chi connectivity index (χ0) is 21.4. The maximum atomic E-state index is 12.8. The summed E-state index contributed by atoms with van der Waals surface area (Å²) in [5.74, 6) is 0.0279. The van der Waals surface area contributed by atoms with E-state index in [0.717, 1.165) is 31.4 Å². The van der Waals surface area contributed by atoms with Gasteiger partial charge in [0.25, 0.3) is 0 Å². The van der Waals surface area contributed by atoms with Gasteiger partial charge in [-0.05, 0) is 50.2 Å². The summed E-state index contributed by atoms with van der Waals surface area (Å²) in [6.45, 7) is 2.99. The Morgan fingerprint density at radius 2 is 1.90 bits per heavy atom. The molecule has 1 aliphatic carbocycles. The first-order valence-corrected chi connectivity index (χ1v) is 10.9. The van der Waals surface area contributed by atoms with Gasteiger partial charge in [0.2, 0.25) is 11.8 Å². The Balaban J connectivity index is 1.44. The Hall–Kier alpha value is -2.57. The van der Waals surface area contributed by atoms with Crippen LogP contribution < -0.4 is 10.1 Å². The van der Waals surface area contributed by atoms with Crippen molar-refractivity contribution in [3.8, 4) is 5.75 Å². The summed E-state index contributed by atoms with van der Waals surface area (Å²) in [4.78, 5) is 39.0. The Bertz CT molecular complexity index is 730. The third-order valence-corrected chi connectivity index (χ3v) is 6.05. The number of hydrogen-bond acceptors (Lipinski definition) is 5. The molecule has 7 heteroatoms. The fourth-order valence-electron chi connectivity index (χ4n) is 4.56. The van der Waals surface area contributed by atoms with E-state index in [-0.39, 0.29) is 36.2 Å². The van der Waals surface area contributed by atoms with Gasteiger partial charge in [-0.15, -0.1) is 0 Å². The number of rotatable bonds is 9. The maximum Gasteiger partial charge on any atom is 0.328 e. The highest BCUT2D eigenvalue weighted by Crippen LogP contribution is 2.47. The molecule has 2 fully saturated rings. The van der Waals surface area contributed by atoms with E-state index in [9.17, 15) is 14.4 Å². The van der Waals surface area contributed by atoms with Gasteiger partial charge >= 0.3 is 5.97 Å². The number of nitrogens with one attached hydrogen (secondary N) is 1. The summed E-state index contributed by atoms with van der Waals surface area (Å²) in [6.07, 6.45) is 5.88.